The van der Waals surface area contributed by atoms with Crippen molar-refractivity contribution in [2.45, 2.75) is 44.6 Å². The zero-order valence-corrected chi connectivity index (χ0v) is 11.2. The predicted octanol–water partition coefficient (Wildman–Crippen LogP) is 2.70. The van der Waals surface area contributed by atoms with Crippen LogP contribution in [0.2, 0.25) is 0 Å². The Morgan fingerprint density at radius 1 is 1.37 bits per heavy atom. The minimum atomic E-state index is 0.422. The van der Waals surface area contributed by atoms with Crippen molar-refractivity contribution in [1.29, 1.82) is 0 Å². The highest BCUT2D eigenvalue weighted by Crippen LogP contribution is 2.32. The maximum absolute atomic E-state index is 5.42. The molecule has 0 atom stereocenters. The topological polar surface area (TPSA) is 66.7 Å². The van der Waals surface area contributed by atoms with Crippen LogP contribution in [0.1, 0.15) is 44.4 Å². The van der Waals surface area contributed by atoms with Crippen molar-refractivity contribution in [3.63, 3.8) is 0 Å². The number of hydrogen-bond donors (Lipinski definition) is 2. The smallest absolute Gasteiger partial charge is 0.230 e. The largest absolute Gasteiger partial charge is 0.359 e. The van der Waals surface area contributed by atoms with Crippen LogP contribution in [0.4, 0.5) is 0 Å². The molecule has 0 bridgehead atoms. The third-order valence-electron chi connectivity index (χ3n) is 3.85. The Bertz CT molecular complexity index is 497. The fourth-order valence-corrected chi connectivity index (χ4v) is 2.81. The van der Waals surface area contributed by atoms with E-state index in [1.54, 1.807) is 0 Å². The molecule has 1 saturated carbocycles. The van der Waals surface area contributed by atoms with Crippen molar-refractivity contribution in [3.8, 4) is 11.5 Å². The number of nitrogens with one attached hydrogen (secondary N) is 2. The lowest BCUT2D eigenvalue weighted by molar-refractivity contribution is 0.284. The number of nitrogens with zero attached hydrogens (tertiary/aromatic N) is 2. The highest BCUT2D eigenvalue weighted by Gasteiger charge is 2.26. The quantitative estimate of drug-likeness (QED) is 0.887. The van der Waals surface area contributed by atoms with Gasteiger partial charge in [0.05, 0.1) is 5.69 Å². The van der Waals surface area contributed by atoms with Crippen LogP contribution in [0.25, 0.3) is 11.5 Å². The number of aromatic nitrogens is 3. The second-order valence-electron chi connectivity index (χ2n) is 5.15. The summed E-state index contributed by atoms with van der Waals surface area (Å²) < 4.78 is 5.42. The highest BCUT2D eigenvalue weighted by molar-refractivity contribution is 5.47. The first kappa shape index (κ1) is 12.4. The summed E-state index contributed by atoms with van der Waals surface area (Å²) in [4.78, 5) is 7.62. The maximum atomic E-state index is 5.42. The standard InChI is InChI=1S/C14H20N4O/c1-2-15-11-7-5-10(6-8-11)14-17-13(18-19-14)12-4-3-9-16-12/h3-4,9-11,15-16H,2,5-8H2,1H3. The molecular weight excluding hydrogens is 240 g/mol. The summed E-state index contributed by atoms with van der Waals surface area (Å²) in [6.07, 6.45) is 6.51. The molecule has 2 heterocycles. The molecule has 0 radical (unpaired) electrons. The molecule has 1 aliphatic rings. The van der Waals surface area contributed by atoms with E-state index in [0.29, 0.717) is 17.8 Å². The van der Waals surface area contributed by atoms with Gasteiger partial charge in [-0.15, -0.1) is 0 Å². The van der Waals surface area contributed by atoms with Gasteiger partial charge in [0.25, 0.3) is 0 Å². The maximum Gasteiger partial charge on any atom is 0.230 e. The molecule has 3 rings (SSSR count). The molecule has 0 spiro atoms. The molecule has 0 saturated heterocycles. The van der Waals surface area contributed by atoms with Crippen molar-refractivity contribution >= 4 is 0 Å². The van der Waals surface area contributed by atoms with E-state index in [4.69, 9.17) is 4.52 Å². The van der Waals surface area contributed by atoms with Gasteiger partial charge in [0.15, 0.2) is 0 Å². The molecule has 102 valence electrons. The van der Waals surface area contributed by atoms with E-state index in [-0.39, 0.29) is 0 Å². The molecule has 1 aliphatic carbocycles. The number of H-pyrrole nitrogens is 1. The zero-order chi connectivity index (χ0) is 13.1. The number of hydrogen-bond acceptors (Lipinski definition) is 4. The van der Waals surface area contributed by atoms with E-state index in [1.807, 2.05) is 18.3 Å². The Morgan fingerprint density at radius 3 is 2.89 bits per heavy atom. The lowest BCUT2D eigenvalue weighted by Crippen LogP contribution is -2.32. The van der Waals surface area contributed by atoms with E-state index >= 15 is 0 Å². The Morgan fingerprint density at radius 2 is 2.21 bits per heavy atom. The minimum absolute atomic E-state index is 0.422. The van der Waals surface area contributed by atoms with Crippen LogP contribution < -0.4 is 5.32 Å². The molecule has 0 aromatic carbocycles. The van der Waals surface area contributed by atoms with Crippen LogP contribution in [0.5, 0.6) is 0 Å². The molecule has 5 heteroatoms. The molecule has 2 aromatic rings. The molecule has 1 fully saturated rings. The van der Waals surface area contributed by atoms with E-state index in [0.717, 1.165) is 31.0 Å². The van der Waals surface area contributed by atoms with Gasteiger partial charge in [-0.2, -0.15) is 4.98 Å². The van der Waals surface area contributed by atoms with Gasteiger partial charge in [-0.1, -0.05) is 12.1 Å². The Labute approximate surface area is 112 Å². The Kier molecular flexibility index (Phi) is 3.64. The summed E-state index contributed by atoms with van der Waals surface area (Å²) in [6, 6.07) is 4.55. The molecule has 0 amide bonds. The summed E-state index contributed by atoms with van der Waals surface area (Å²) in [7, 11) is 0. The average Bonchev–Trinajstić information content (AvgIpc) is 3.11. The fourth-order valence-electron chi connectivity index (χ4n) is 2.81. The van der Waals surface area contributed by atoms with Crippen molar-refractivity contribution in [2.24, 2.45) is 0 Å². The van der Waals surface area contributed by atoms with Gasteiger partial charge >= 0.3 is 0 Å². The predicted molar refractivity (Wildman–Crippen MR) is 72.8 cm³/mol. The van der Waals surface area contributed by atoms with Gasteiger partial charge in [0, 0.05) is 18.2 Å². The molecule has 2 aromatic heterocycles. The van der Waals surface area contributed by atoms with Crippen LogP contribution in [-0.4, -0.2) is 27.7 Å². The van der Waals surface area contributed by atoms with Crippen molar-refractivity contribution < 1.29 is 4.52 Å². The second kappa shape index (κ2) is 5.57. The summed E-state index contributed by atoms with van der Waals surface area (Å²) in [5, 5.41) is 7.57. The van der Waals surface area contributed by atoms with Crippen molar-refractivity contribution in [2.75, 3.05) is 6.54 Å². The Hall–Kier alpha value is -1.62. The molecule has 0 unspecified atom stereocenters. The van der Waals surface area contributed by atoms with Gasteiger partial charge in [-0.05, 0) is 44.4 Å². The van der Waals surface area contributed by atoms with E-state index < -0.39 is 0 Å². The number of rotatable bonds is 4. The fraction of sp³-hybridized carbons (Fsp3) is 0.571. The molecular formula is C14H20N4O. The number of aromatic amines is 1. The summed E-state index contributed by atoms with van der Waals surface area (Å²) in [6.45, 7) is 3.21. The Balaban J connectivity index is 1.64. The van der Waals surface area contributed by atoms with Gasteiger partial charge in [-0.25, -0.2) is 0 Å². The molecule has 0 aliphatic heterocycles. The first-order chi connectivity index (χ1) is 9.36. The van der Waals surface area contributed by atoms with Crippen LogP contribution in [0.15, 0.2) is 22.9 Å². The third kappa shape index (κ3) is 2.71. The summed E-state index contributed by atoms with van der Waals surface area (Å²) in [5.41, 5.74) is 0.913. The van der Waals surface area contributed by atoms with E-state index in [9.17, 15) is 0 Å². The van der Waals surface area contributed by atoms with Crippen molar-refractivity contribution in [3.05, 3.63) is 24.2 Å². The van der Waals surface area contributed by atoms with E-state index in [1.165, 1.54) is 12.8 Å². The third-order valence-corrected chi connectivity index (χ3v) is 3.85. The highest BCUT2D eigenvalue weighted by atomic mass is 16.5. The molecule has 2 N–H and O–H groups in total. The second-order valence-corrected chi connectivity index (χ2v) is 5.15. The lowest BCUT2D eigenvalue weighted by atomic mass is 9.86. The molecule has 19 heavy (non-hydrogen) atoms. The SMILES string of the molecule is CCNC1CCC(c2nc(-c3ccc[nH]3)no2)CC1. The van der Waals surface area contributed by atoms with Crippen LogP contribution in [0, 0.1) is 0 Å². The molecule has 5 nitrogen and oxygen atoms in total. The monoisotopic (exact) mass is 260 g/mol. The van der Waals surface area contributed by atoms with Crippen LogP contribution in [0.3, 0.4) is 0 Å². The first-order valence-corrected chi connectivity index (χ1v) is 7.07. The van der Waals surface area contributed by atoms with Gasteiger partial charge in [0.1, 0.15) is 0 Å². The van der Waals surface area contributed by atoms with Crippen LogP contribution in [-0.2, 0) is 0 Å². The summed E-state index contributed by atoms with van der Waals surface area (Å²) >= 11 is 0. The average molecular weight is 260 g/mol. The normalized spacial score (nSPS) is 23.6. The first-order valence-electron chi connectivity index (χ1n) is 7.07. The van der Waals surface area contributed by atoms with E-state index in [2.05, 4.69) is 27.4 Å². The van der Waals surface area contributed by atoms with Gasteiger partial charge in [0.2, 0.25) is 11.7 Å². The van der Waals surface area contributed by atoms with Gasteiger partial charge in [-0.3, -0.25) is 0 Å². The van der Waals surface area contributed by atoms with Crippen LogP contribution >= 0.6 is 0 Å². The summed E-state index contributed by atoms with van der Waals surface area (Å²) in [5.74, 6) is 1.87. The lowest BCUT2D eigenvalue weighted by Gasteiger charge is -2.26. The zero-order valence-electron chi connectivity index (χ0n) is 11.2. The van der Waals surface area contributed by atoms with Crippen molar-refractivity contribution in [1.82, 2.24) is 20.4 Å². The minimum Gasteiger partial charge on any atom is -0.359 e. The van der Waals surface area contributed by atoms with Gasteiger partial charge < -0.3 is 14.8 Å².